The summed E-state index contributed by atoms with van der Waals surface area (Å²) in [5, 5.41) is 9.00. The number of nitrogens with zero attached hydrogens (tertiary/aromatic N) is 3. The average molecular weight is 339 g/mol. The fourth-order valence-corrected chi connectivity index (χ4v) is 2.93. The van der Waals surface area contributed by atoms with Crippen molar-refractivity contribution in [3.8, 4) is 11.3 Å². The van der Waals surface area contributed by atoms with Gasteiger partial charge in [-0.1, -0.05) is 31.9 Å². The quantitative estimate of drug-likeness (QED) is 0.699. The molecule has 2 aromatic heterocycles. The summed E-state index contributed by atoms with van der Waals surface area (Å²) in [5.74, 6) is -0.341. The molecule has 0 amide bonds. The van der Waals surface area contributed by atoms with Crippen LogP contribution in [0.2, 0.25) is 0 Å². The van der Waals surface area contributed by atoms with E-state index in [-0.39, 0.29) is 11.1 Å². The first-order valence-electron chi connectivity index (χ1n) is 8.44. The topological polar surface area (TPSA) is 76.6 Å². The van der Waals surface area contributed by atoms with E-state index in [9.17, 15) is 9.59 Å². The highest BCUT2D eigenvalue weighted by Crippen LogP contribution is 2.20. The third-order valence-electron chi connectivity index (χ3n) is 4.34. The Balaban J connectivity index is 2.06. The number of rotatable bonds is 6. The van der Waals surface area contributed by atoms with Gasteiger partial charge in [0, 0.05) is 30.1 Å². The normalized spacial score (nSPS) is 11.1. The van der Waals surface area contributed by atoms with E-state index in [2.05, 4.69) is 16.5 Å². The molecular formula is C19H21N3O3. The maximum Gasteiger partial charge on any atom is 0.335 e. The molecule has 3 aromatic rings. The lowest BCUT2D eigenvalue weighted by molar-refractivity contribution is 0.0697. The number of benzene rings is 1. The number of hydrogen-bond acceptors (Lipinski definition) is 3. The van der Waals surface area contributed by atoms with E-state index in [4.69, 9.17) is 5.11 Å². The number of carboxylic acids is 1. The summed E-state index contributed by atoms with van der Waals surface area (Å²) in [6.07, 6.45) is 5.00. The van der Waals surface area contributed by atoms with Crippen molar-refractivity contribution in [3.63, 3.8) is 0 Å². The molecule has 6 nitrogen and oxygen atoms in total. The van der Waals surface area contributed by atoms with E-state index in [0.717, 1.165) is 37.1 Å². The lowest BCUT2D eigenvalue weighted by atomic mass is 10.1. The SMILES string of the molecule is CCCCCn1c(C)cc(=O)n2cc(-c3ccc(C(=O)O)cc3)nc12. The van der Waals surface area contributed by atoms with Gasteiger partial charge < -0.3 is 9.67 Å². The van der Waals surface area contributed by atoms with Crippen LogP contribution in [0.1, 0.15) is 42.2 Å². The number of hydrogen-bond donors (Lipinski definition) is 1. The van der Waals surface area contributed by atoms with Crippen molar-refractivity contribution in [2.24, 2.45) is 0 Å². The Morgan fingerprint density at radius 1 is 1.20 bits per heavy atom. The fourth-order valence-electron chi connectivity index (χ4n) is 2.93. The van der Waals surface area contributed by atoms with Crippen molar-refractivity contribution in [2.75, 3.05) is 0 Å². The molecule has 2 heterocycles. The van der Waals surface area contributed by atoms with Crippen molar-refractivity contribution in [2.45, 2.75) is 39.7 Å². The van der Waals surface area contributed by atoms with Crippen LogP contribution in [0.15, 0.2) is 41.3 Å². The lowest BCUT2D eigenvalue weighted by Gasteiger charge is -2.11. The van der Waals surface area contributed by atoms with Gasteiger partial charge in [-0.15, -0.1) is 0 Å². The largest absolute Gasteiger partial charge is 0.478 e. The summed E-state index contributed by atoms with van der Waals surface area (Å²) in [5.41, 5.74) is 2.45. The first kappa shape index (κ1) is 17.0. The summed E-state index contributed by atoms with van der Waals surface area (Å²) >= 11 is 0. The molecule has 0 unspecified atom stereocenters. The number of unbranched alkanes of at least 4 members (excludes halogenated alkanes) is 2. The Morgan fingerprint density at radius 2 is 1.92 bits per heavy atom. The van der Waals surface area contributed by atoms with Crippen LogP contribution in [-0.4, -0.2) is 25.0 Å². The molecule has 0 saturated heterocycles. The van der Waals surface area contributed by atoms with Gasteiger partial charge in [-0.3, -0.25) is 9.20 Å². The Labute approximate surface area is 145 Å². The Kier molecular flexibility index (Phi) is 4.70. The van der Waals surface area contributed by atoms with Crippen LogP contribution in [0.5, 0.6) is 0 Å². The standard InChI is InChI=1S/C19H21N3O3/c1-3-4-5-10-21-13(2)11-17(23)22-12-16(20-19(21)22)14-6-8-15(9-7-14)18(24)25/h6-9,11-12H,3-5,10H2,1-2H3,(H,24,25). The predicted octanol–water partition coefficient (Wildman–Crippen LogP) is 3.36. The molecule has 3 rings (SSSR count). The fraction of sp³-hybridized carbons (Fsp3) is 0.316. The second-order valence-corrected chi connectivity index (χ2v) is 6.16. The molecule has 0 aliphatic carbocycles. The van der Waals surface area contributed by atoms with E-state index in [0.29, 0.717) is 11.5 Å². The number of carboxylic acid groups (broad SMARTS) is 1. The van der Waals surface area contributed by atoms with Crippen LogP contribution in [-0.2, 0) is 6.54 Å². The highest BCUT2D eigenvalue weighted by molar-refractivity contribution is 5.88. The number of fused-ring (bicyclic) bond motifs is 1. The van der Waals surface area contributed by atoms with Crippen molar-refractivity contribution in [1.82, 2.24) is 14.0 Å². The van der Waals surface area contributed by atoms with Gasteiger partial charge in [0.25, 0.3) is 5.56 Å². The first-order chi connectivity index (χ1) is 12.0. The third kappa shape index (κ3) is 3.33. The average Bonchev–Trinajstić information content (AvgIpc) is 3.03. The molecule has 0 aliphatic heterocycles. The van der Waals surface area contributed by atoms with E-state index >= 15 is 0 Å². The van der Waals surface area contributed by atoms with Crippen LogP contribution in [0, 0.1) is 6.92 Å². The number of aromatic carboxylic acids is 1. The van der Waals surface area contributed by atoms with Crippen LogP contribution in [0.3, 0.4) is 0 Å². The highest BCUT2D eigenvalue weighted by atomic mass is 16.4. The number of aryl methyl sites for hydroxylation is 2. The van der Waals surface area contributed by atoms with Gasteiger partial charge in [0.2, 0.25) is 5.78 Å². The minimum absolute atomic E-state index is 0.111. The summed E-state index contributed by atoms with van der Waals surface area (Å²) < 4.78 is 3.62. The predicted molar refractivity (Wildman–Crippen MR) is 96.1 cm³/mol. The van der Waals surface area contributed by atoms with E-state index in [1.807, 2.05) is 6.92 Å². The summed E-state index contributed by atoms with van der Waals surface area (Å²) in [6.45, 7) is 4.89. The second-order valence-electron chi connectivity index (χ2n) is 6.16. The summed E-state index contributed by atoms with van der Waals surface area (Å²) in [7, 11) is 0. The summed E-state index contributed by atoms with van der Waals surface area (Å²) in [4.78, 5) is 27.9. The van der Waals surface area contributed by atoms with Crippen LogP contribution in [0.4, 0.5) is 0 Å². The van der Waals surface area contributed by atoms with Gasteiger partial charge >= 0.3 is 5.97 Å². The lowest BCUT2D eigenvalue weighted by Crippen LogP contribution is -2.18. The number of carbonyl (C=O) groups is 1. The molecule has 1 aromatic carbocycles. The van der Waals surface area contributed by atoms with Gasteiger partial charge in [-0.2, -0.15) is 0 Å². The summed E-state index contributed by atoms with van der Waals surface area (Å²) in [6, 6.07) is 8.13. The molecule has 0 spiro atoms. The maximum atomic E-state index is 12.3. The van der Waals surface area contributed by atoms with Crippen LogP contribution in [0.25, 0.3) is 17.0 Å². The third-order valence-corrected chi connectivity index (χ3v) is 4.34. The number of imidazole rings is 1. The maximum absolute atomic E-state index is 12.3. The highest BCUT2D eigenvalue weighted by Gasteiger charge is 2.12. The Morgan fingerprint density at radius 3 is 2.56 bits per heavy atom. The molecule has 0 aliphatic rings. The Hall–Kier alpha value is -2.89. The van der Waals surface area contributed by atoms with Crippen molar-refractivity contribution in [3.05, 3.63) is 58.1 Å². The zero-order chi connectivity index (χ0) is 18.0. The van der Waals surface area contributed by atoms with Crippen molar-refractivity contribution >= 4 is 11.7 Å². The van der Waals surface area contributed by atoms with Gasteiger partial charge in [-0.05, 0) is 25.5 Å². The van der Waals surface area contributed by atoms with Crippen molar-refractivity contribution in [1.29, 1.82) is 0 Å². The molecule has 0 saturated carbocycles. The molecular weight excluding hydrogens is 318 g/mol. The molecule has 0 fully saturated rings. The van der Waals surface area contributed by atoms with Gasteiger partial charge in [0.15, 0.2) is 0 Å². The van der Waals surface area contributed by atoms with Gasteiger partial charge in [-0.25, -0.2) is 9.78 Å². The minimum atomic E-state index is -0.965. The second kappa shape index (κ2) is 6.93. The first-order valence-corrected chi connectivity index (χ1v) is 8.44. The zero-order valence-electron chi connectivity index (χ0n) is 14.4. The molecule has 1 N–H and O–H groups in total. The molecule has 0 bridgehead atoms. The molecule has 6 heteroatoms. The minimum Gasteiger partial charge on any atom is -0.478 e. The zero-order valence-corrected chi connectivity index (χ0v) is 14.4. The number of aromatic nitrogens is 3. The van der Waals surface area contributed by atoms with Crippen LogP contribution < -0.4 is 5.56 Å². The van der Waals surface area contributed by atoms with Gasteiger partial charge in [0.05, 0.1) is 11.3 Å². The smallest absolute Gasteiger partial charge is 0.335 e. The van der Waals surface area contributed by atoms with Crippen molar-refractivity contribution < 1.29 is 9.90 Å². The molecule has 25 heavy (non-hydrogen) atoms. The van der Waals surface area contributed by atoms with E-state index in [1.165, 1.54) is 0 Å². The molecule has 0 radical (unpaired) electrons. The van der Waals surface area contributed by atoms with Gasteiger partial charge in [0.1, 0.15) is 0 Å². The monoisotopic (exact) mass is 339 g/mol. The van der Waals surface area contributed by atoms with E-state index < -0.39 is 5.97 Å². The van der Waals surface area contributed by atoms with E-state index in [1.54, 1.807) is 40.9 Å². The molecule has 130 valence electrons. The van der Waals surface area contributed by atoms with Crippen LogP contribution >= 0.6 is 0 Å². The molecule has 0 atom stereocenters. The Bertz CT molecular complexity index is 968.